The molecule has 4 nitrogen and oxygen atoms in total. The number of aryl methyl sites for hydroxylation is 1. The zero-order chi connectivity index (χ0) is 16.9. The van der Waals surface area contributed by atoms with Crippen LogP contribution < -0.4 is 4.74 Å². The maximum atomic E-state index is 12.5. The van der Waals surface area contributed by atoms with Crippen molar-refractivity contribution < 1.29 is 13.5 Å². The van der Waals surface area contributed by atoms with Crippen molar-refractivity contribution >= 4 is 72.3 Å². The number of rotatable bonds is 3. The number of aromatic nitrogens is 3. The highest BCUT2D eigenvalue weighted by molar-refractivity contribution is 9.11. The van der Waals surface area contributed by atoms with Crippen LogP contribution in [0.5, 0.6) is 5.88 Å². The Bertz CT molecular complexity index is 915. The Balaban J connectivity index is 2.29. The summed E-state index contributed by atoms with van der Waals surface area (Å²) in [6.07, 6.45) is 0. The molecule has 23 heavy (non-hydrogen) atoms. The van der Waals surface area contributed by atoms with E-state index < -0.39 is 6.61 Å². The molecule has 0 aliphatic heterocycles. The zero-order valence-electron chi connectivity index (χ0n) is 11.1. The third-order valence-electron chi connectivity index (χ3n) is 2.92. The first-order valence-electron chi connectivity index (χ1n) is 5.91. The molecule has 122 valence electrons. The SMILES string of the molecule is Cn1nc(-c2c(Cl)cc(Cl)c3nc(Br)sc23)c(Cl)c1OC(F)F. The summed E-state index contributed by atoms with van der Waals surface area (Å²) in [5.74, 6) is -0.251. The van der Waals surface area contributed by atoms with Gasteiger partial charge in [0.1, 0.15) is 16.2 Å². The molecule has 0 unspecified atom stereocenters. The van der Waals surface area contributed by atoms with Gasteiger partial charge in [-0.25, -0.2) is 9.67 Å². The minimum Gasteiger partial charge on any atom is -0.416 e. The molecule has 0 saturated carbocycles. The van der Waals surface area contributed by atoms with E-state index in [2.05, 4.69) is 30.7 Å². The minimum atomic E-state index is -3.02. The van der Waals surface area contributed by atoms with Gasteiger partial charge in [0.15, 0.2) is 3.92 Å². The predicted octanol–water partition coefficient (Wildman–Crippen LogP) is 6.02. The van der Waals surface area contributed by atoms with Crippen LogP contribution in [0, 0.1) is 0 Å². The van der Waals surface area contributed by atoms with E-state index in [1.807, 2.05) is 0 Å². The highest BCUT2D eigenvalue weighted by atomic mass is 79.9. The van der Waals surface area contributed by atoms with Gasteiger partial charge < -0.3 is 4.74 Å². The molecule has 0 spiro atoms. The van der Waals surface area contributed by atoms with Gasteiger partial charge in [-0.05, 0) is 22.0 Å². The van der Waals surface area contributed by atoms with Crippen molar-refractivity contribution in [1.29, 1.82) is 0 Å². The van der Waals surface area contributed by atoms with Gasteiger partial charge in [0, 0.05) is 12.6 Å². The molecule has 0 aliphatic carbocycles. The second-order valence-corrected chi connectivity index (χ2v) is 7.80. The van der Waals surface area contributed by atoms with Gasteiger partial charge in [-0.3, -0.25) is 0 Å². The van der Waals surface area contributed by atoms with E-state index >= 15 is 0 Å². The maximum Gasteiger partial charge on any atom is 0.388 e. The molecule has 1 aromatic carbocycles. The molecule has 0 radical (unpaired) electrons. The van der Waals surface area contributed by atoms with Crippen LogP contribution in [0.1, 0.15) is 0 Å². The second-order valence-electron chi connectivity index (χ2n) is 4.33. The topological polar surface area (TPSA) is 39.9 Å². The van der Waals surface area contributed by atoms with Crippen LogP contribution in [-0.2, 0) is 7.05 Å². The van der Waals surface area contributed by atoms with E-state index in [1.54, 1.807) is 0 Å². The first-order chi connectivity index (χ1) is 10.8. The molecule has 0 amide bonds. The van der Waals surface area contributed by atoms with E-state index in [-0.39, 0.29) is 21.6 Å². The van der Waals surface area contributed by atoms with Crippen molar-refractivity contribution in [3.63, 3.8) is 0 Å². The molecule has 3 rings (SSSR count). The molecule has 0 atom stereocenters. The van der Waals surface area contributed by atoms with Gasteiger partial charge in [-0.1, -0.05) is 34.8 Å². The van der Waals surface area contributed by atoms with Crippen molar-refractivity contribution in [3.8, 4) is 17.1 Å². The fraction of sp³-hybridized carbons (Fsp3) is 0.167. The second kappa shape index (κ2) is 6.33. The molecule has 0 saturated heterocycles. The number of thiazole rings is 1. The normalized spacial score (nSPS) is 11.7. The van der Waals surface area contributed by atoms with Crippen LogP contribution in [0.2, 0.25) is 15.1 Å². The first kappa shape index (κ1) is 17.2. The van der Waals surface area contributed by atoms with Crippen LogP contribution in [0.3, 0.4) is 0 Å². The lowest BCUT2D eigenvalue weighted by Gasteiger charge is -2.05. The van der Waals surface area contributed by atoms with Crippen LogP contribution in [0.15, 0.2) is 9.98 Å². The van der Waals surface area contributed by atoms with Gasteiger partial charge in [-0.15, -0.1) is 11.3 Å². The van der Waals surface area contributed by atoms with Crippen LogP contribution in [0.4, 0.5) is 8.78 Å². The Hall–Kier alpha value is -0.670. The monoisotopic (exact) mass is 461 g/mol. The summed E-state index contributed by atoms with van der Waals surface area (Å²) in [5.41, 5.74) is 1.19. The lowest BCUT2D eigenvalue weighted by atomic mass is 10.1. The van der Waals surface area contributed by atoms with E-state index in [4.69, 9.17) is 34.8 Å². The van der Waals surface area contributed by atoms with Gasteiger partial charge in [0.2, 0.25) is 5.88 Å². The number of hydrogen-bond acceptors (Lipinski definition) is 4. The summed E-state index contributed by atoms with van der Waals surface area (Å²) in [5, 5.41) is 4.73. The molecular formula is C12H5BrCl3F2N3OS. The smallest absolute Gasteiger partial charge is 0.388 e. The Morgan fingerprint density at radius 2 is 2.00 bits per heavy atom. The van der Waals surface area contributed by atoms with Crippen molar-refractivity contribution in [2.24, 2.45) is 7.05 Å². The fourth-order valence-electron chi connectivity index (χ4n) is 2.06. The van der Waals surface area contributed by atoms with E-state index in [0.717, 1.165) is 4.68 Å². The molecular weight excluding hydrogens is 458 g/mol. The average molecular weight is 464 g/mol. The summed E-state index contributed by atoms with van der Waals surface area (Å²) in [6.45, 7) is -3.02. The number of fused-ring (bicyclic) bond motifs is 1. The standard InChI is InChI=1S/C12H5BrCl3F2N3OS/c1-21-10(22-12(17)18)6(16)8(20-21)5-3(14)2-4(15)7-9(5)23-11(13)19-7/h2,12H,1H3. The molecule has 2 heterocycles. The third-order valence-corrected chi connectivity index (χ3v) is 5.37. The highest BCUT2D eigenvalue weighted by Crippen LogP contribution is 2.46. The Kier molecular flexibility index (Phi) is 4.72. The quantitative estimate of drug-likeness (QED) is 0.477. The van der Waals surface area contributed by atoms with Gasteiger partial charge in [0.25, 0.3) is 0 Å². The van der Waals surface area contributed by atoms with Gasteiger partial charge in [-0.2, -0.15) is 13.9 Å². The molecule has 3 aromatic rings. The number of hydrogen-bond donors (Lipinski definition) is 0. The molecule has 0 fully saturated rings. The summed E-state index contributed by atoms with van der Waals surface area (Å²) >= 11 is 23.1. The van der Waals surface area contributed by atoms with Crippen LogP contribution in [-0.4, -0.2) is 21.4 Å². The largest absolute Gasteiger partial charge is 0.416 e. The highest BCUT2D eigenvalue weighted by Gasteiger charge is 2.25. The van der Waals surface area contributed by atoms with Gasteiger partial charge in [0.05, 0.1) is 14.7 Å². The van der Waals surface area contributed by atoms with Crippen LogP contribution >= 0.6 is 62.1 Å². The third kappa shape index (κ3) is 3.02. The van der Waals surface area contributed by atoms with Gasteiger partial charge >= 0.3 is 6.61 Å². The lowest BCUT2D eigenvalue weighted by molar-refractivity contribution is -0.0552. The Morgan fingerprint density at radius 3 is 2.65 bits per heavy atom. The van der Waals surface area contributed by atoms with Crippen LogP contribution in [0.25, 0.3) is 21.5 Å². The summed E-state index contributed by atoms with van der Waals surface area (Å²) in [7, 11) is 1.44. The van der Waals surface area contributed by atoms with Crippen molar-refractivity contribution in [1.82, 2.24) is 14.8 Å². The number of benzene rings is 1. The van der Waals surface area contributed by atoms with E-state index in [0.29, 0.717) is 24.7 Å². The van der Waals surface area contributed by atoms with E-state index in [1.165, 1.54) is 24.5 Å². The maximum absolute atomic E-state index is 12.5. The number of nitrogens with zero attached hydrogens (tertiary/aromatic N) is 3. The summed E-state index contributed by atoms with van der Waals surface area (Å²) in [4.78, 5) is 4.26. The molecule has 0 aliphatic rings. The average Bonchev–Trinajstić information content (AvgIpc) is 2.95. The lowest BCUT2D eigenvalue weighted by Crippen LogP contribution is -2.06. The Labute approximate surface area is 156 Å². The summed E-state index contributed by atoms with van der Waals surface area (Å²) < 4.78 is 31.8. The number of halogens is 6. The zero-order valence-corrected chi connectivity index (χ0v) is 15.8. The molecule has 2 aromatic heterocycles. The molecule has 0 N–H and O–H groups in total. The van der Waals surface area contributed by atoms with E-state index in [9.17, 15) is 8.78 Å². The number of ether oxygens (including phenoxy) is 1. The van der Waals surface area contributed by atoms with Crippen molar-refractivity contribution in [2.75, 3.05) is 0 Å². The fourth-order valence-corrected chi connectivity index (χ4v) is 4.60. The predicted molar refractivity (Wildman–Crippen MR) is 91.2 cm³/mol. The van der Waals surface area contributed by atoms with Crippen molar-refractivity contribution in [2.45, 2.75) is 6.61 Å². The molecule has 0 bridgehead atoms. The number of alkyl halides is 2. The molecule has 11 heteroatoms. The first-order valence-corrected chi connectivity index (χ1v) is 8.65. The van der Waals surface area contributed by atoms with Crippen molar-refractivity contribution in [3.05, 3.63) is 25.1 Å². The Morgan fingerprint density at radius 1 is 1.30 bits per heavy atom. The minimum absolute atomic E-state index is 0.0668. The summed E-state index contributed by atoms with van der Waals surface area (Å²) in [6, 6.07) is 1.51.